The normalized spacial score (nSPS) is 9.64. The fourth-order valence-electron chi connectivity index (χ4n) is 2.13. The van der Waals surface area contributed by atoms with Gasteiger partial charge in [0.25, 0.3) is 0 Å². The molecule has 0 atom stereocenters. The van der Waals surface area contributed by atoms with Gasteiger partial charge in [-0.25, -0.2) is 0 Å². The fraction of sp³-hybridized carbons (Fsp3) is 0.0625. The van der Waals surface area contributed by atoms with Gasteiger partial charge in [0.05, 0.1) is 23.3 Å². The number of halogens is 2. The van der Waals surface area contributed by atoms with Crippen molar-refractivity contribution < 1.29 is 9.90 Å². The molecule has 1 aromatic carbocycles. The predicted molar refractivity (Wildman–Crippen MR) is 90.8 cm³/mol. The third-order valence-electron chi connectivity index (χ3n) is 3.04. The third-order valence-corrected chi connectivity index (χ3v) is 3.04. The molecule has 2 aromatic heterocycles. The highest BCUT2D eigenvalue weighted by Crippen LogP contribution is 2.22. The Morgan fingerprint density at radius 2 is 1.86 bits per heavy atom. The minimum absolute atomic E-state index is 0. The SMILES string of the molecule is Cl.Cl.O=C(O)Cc1cccc(-c2ccc3ncccc3c2)n1. The standard InChI is InChI=1S/C16H12N2O2.2ClH/c19-16(20)10-13-4-1-5-15(18-13)12-6-7-14-11(9-12)3-2-8-17-14;;/h1-9H,10H2,(H,19,20);2*1H. The Balaban J connectivity index is 0.00000121. The molecule has 1 N–H and O–H groups in total. The van der Waals surface area contributed by atoms with Crippen LogP contribution in [0.5, 0.6) is 0 Å². The van der Waals surface area contributed by atoms with E-state index >= 15 is 0 Å². The van der Waals surface area contributed by atoms with Gasteiger partial charge in [-0.2, -0.15) is 0 Å². The molecule has 114 valence electrons. The van der Waals surface area contributed by atoms with Gasteiger partial charge in [-0.1, -0.05) is 18.2 Å². The first-order valence-electron chi connectivity index (χ1n) is 6.25. The van der Waals surface area contributed by atoms with E-state index in [2.05, 4.69) is 9.97 Å². The molecular weight excluding hydrogens is 323 g/mol. The second-order valence-corrected chi connectivity index (χ2v) is 4.50. The molecule has 4 nitrogen and oxygen atoms in total. The number of carbonyl (C=O) groups is 1. The number of nitrogens with zero attached hydrogens (tertiary/aromatic N) is 2. The number of pyridine rings is 2. The zero-order valence-corrected chi connectivity index (χ0v) is 13.1. The maximum atomic E-state index is 10.7. The van der Waals surface area contributed by atoms with Gasteiger partial charge in [-0.3, -0.25) is 14.8 Å². The smallest absolute Gasteiger partial charge is 0.309 e. The summed E-state index contributed by atoms with van der Waals surface area (Å²) in [7, 11) is 0. The van der Waals surface area contributed by atoms with E-state index in [1.807, 2.05) is 42.5 Å². The van der Waals surface area contributed by atoms with Gasteiger partial charge in [0.15, 0.2) is 0 Å². The van der Waals surface area contributed by atoms with Gasteiger partial charge in [0.2, 0.25) is 0 Å². The van der Waals surface area contributed by atoms with E-state index in [9.17, 15) is 4.79 Å². The lowest BCUT2D eigenvalue weighted by Gasteiger charge is -2.04. The second kappa shape index (κ2) is 7.73. The van der Waals surface area contributed by atoms with Crippen LogP contribution in [0.1, 0.15) is 5.69 Å². The summed E-state index contributed by atoms with van der Waals surface area (Å²) in [6.45, 7) is 0. The summed E-state index contributed by atoms with van der Waals surface area (Å²) in [5.41, 5.74) is 3.21. The molecule has 2 heterocycles. The zero-order valence-electron chi connectivity index (χ0n) is 11.5. The lowest BCUT2D eigenvalue weighted by Crippen LogP contribution is -2.02. The Kier molecular flexibility index (Phi) is 6.28. The summed E-state index contributed by atoms with van der Waals surface area (Å²) < 4.78 is 0. The topological polar surface area (TPSA) is 63.1 Å². The number of aromatic nitrogens is 2. The molecular formula is C16H14Cl2N2O2. The number of fused-ring (bicyclic) bond motifs is 1. The lowest BCUT2D eigenvalue weighted by molar-refractivity contribution is -0.136. The second-order valence-electron chi connectivity index (χ2n) is 4.50. The molecule has 0 fully saturated rings. The number of carboxylic acids is 1. The number of hydrogen-bond acceptors (Lipinski definition) is 3. The van der Waals surface area contributed by atoms with Crippen LogP contribution >= 0.6 is 24.8 Å². The summed E-state index contributed by atoms with van der Waals surface area (Å²) in [6, 6.07) is 15.2. The predicted octanol–water partition coefficient (Wildman–Crippen LogP) is 3.77. The molecule has 0 aliphatic heterocycles. The van der Waals surface area contributed by atoms with Crippen molar-refractivity contribution in [1.29, 1.82) is 0 Å². The Hall–Kier alpha value is -2.17. The van der Waals surface area contributed by atoms with Gasteiger partial charge >= 0.3 is 5.97 Å². The van der Waals surface area contributed by atoms with Gasteiger partial charge in [-0.15, -0.1) is 24.8 Å². The molecule has 0 amide bonds. The number of aliphatic carboxylic acids is 1. The molecule has 0 saturated heterocycles. The van der Waals surface area contributed by atoms with Crippen LogP contribution in [-0.2, 0) is 11.2 Å². The van der Waals surface area contributed by atoms with Crippen molar-refractivity contribution in [3.8, 4) is 11.3 Å². The number of hydrogen-bond donors (Lipinski definition) is 1. The summed E-state index contributed by atoms with van der Waals surface area (Å²) in [5, 5.41) is 9.86. The molecule has 0 unspecified atom stereocenters. The van der Waals surface area contributed by atoms with Crippen LogP contribution in [0.25, 0.3) is 22.2 Å². The van der Waals surface area contributed by atoms with Crippen molar-refractivity contribution in [3.63, 3.8) is 0 Å². The summed E-state index contributed by atoms with van der Waals surface area (Å²) in [5.74, 6) is -0.877. The largest absolute Gasteiger partial charge is 0.481 e. The highest BCUT2D eigenvalue weighted by Gasteiger charge is 2.05. The number of benzene rings is 1. The van der Waals surface area contributed by atoms with Crippen molar-refractivity contribution in [2.75, 3.05) is 0 Å². The van der Waals surface area contributed by atoms with Crippen molar-refractivity contribution in [1.82, 2.24) is 9.97 Å². The van der Waals surface area contributed by atoms with Crippen LogP contribution in [0, 0.1) is 0 Å². The van der Waals surface area contributed by atoms with E-state index < -0.39 is 5.97 Å². The van der Waals surface area contributed by atoms with Gasteiger partial charge in [0, 0.05) is 17.1 Å². The fourth-order valence-corrected chi connectivity index (χ4v) is 2.13. The summed E-state index contributed by atoms with van der Waals surface area (Å²) >= 11 is 0. The quantitative estimate of drug-likeness (QED) is 0.790. The molecule has 0 aliphatic carbocycles. The molecule has 0 spiro atoms. The molecule has 0 aliphatic rings. The molecule has 0 bridgehead atoms. The van der Waals surface area contributed by atoms with Crippen LogP contribution in [0.15, 0.2) is 54.7 Å². The van der Waals surface area contributed by atoms with Crippen LogP contribution in [0.4, 0.5) is 0 Å². The highest BCUT2D eigenvalue weighted by atomic mass is 35.5. The van der Waals surface area contributed by atoms with Crippen molar-refractivity contribution in [2.45, 2.75) is 6.42 Å². The van der Waals surface area contributed by atoms with E-state index in [4.69, 9.17) is 5.11 Å². The van der Waals surface area contributed by atoms with Crippen molar-refractivity contribution in [2.24, 2.45) is 0 Å². The Bertz CT molecular complexity index is 794. The molecule has 6 heteroatoms. The van der Waals surface area contributed by atoms with Crippen molar-refractivity contribution in [3.05, 3.63) is 60.4 Å². The minimum Gasteiger partial charge on any atom is -0.481 e. The van der Waals surface area contributed by atoms with Gasteiger partial charge < -0.3 is 5.11 Å². The lowest BCUT2D eigenvalue weighted by atomic mass is 10.1. The number of rotatable bonds is 3. The Morgan fingerprint density at radius 1 is 1.05 bits per heavy atom. The van der Waals surface area contributed by atoms with E-state index in [1.54, 1.807) is 12.3 Å². The van der Waals surface area contributed by atoms with Gasteiger partial charge in [0.1, 0.15) is 0 Å². The third kappa shape index (κ3) is 3.93. The summed E-state index contributed by atoms with van der Waals surface area (Å²) in [6.07, 6.45) is 1.69. The van der Waals surface area contributed by atoms with E-state index in [0.717, 1.165) is 22.2 Å². The molecule has 3 rings (SSSR count). The van der Waals surface area contributed by atoms with Crippen LogP contribution in [0.3, 0.4) is 0 Å². The first-order chi connectivity index (χ1) is 9.72. The average Bonchev–Trinajstić information content (AvgIpc) is 2.46. The minimum atomic E-state index is -0.877. The first kappa shape index (κ1) is 17.9. The monoisotopic (exact) mass is 336 g/mol. The first-order valence-corrected chi connectivity index (χ1v) is 6.25. The maximum absolute atomic E-state index is 10.7. The average molecular weight is 337 g/mol. The molecule has 0 saturated carbocycles. The molecule has 22 heavy (non-hydrogen) atoms. The zero-order chi connectivity index (χ0) is 13.9. The Labute approximate surface area is 140 Å². The van der Waals surface area contributed by atoms with Crippen LogP contribution in [-0.4, -0.2) is 21.0 Å². The van der Waals surface area contributed by atoms with E-state index in [1.165, 1.54) is 0 Å². The van der Waals surface area contributed by atoms with Crippen LogP contribution in [0.2, 0.25) is 0 Å². The summed E-state index contributed by atoms with van der Waals surface area (Å²) in [4.78, 5) is 19.4. The Morgan fingerprint density at radius 3 is 2.64 bits per heavy atom. The number of carboxylic acid groups (broad SMARTS) is 1. The van der Waals surface area contributed by atoms with Crippen molar-refractivity contribution >= 4 is 41.7 Å². The van der Waals surface area contributed by atoms with E-state index in [-0.39, 0.29) is 31.2 Å². The van der Waals surface area contributed by atoms with Crippen LogP contribution < -0.4 is 0 Å². The maximum Gasteiger partial charge on any atom is 0.309 e. The highest BCUT2D eigenvalue weighted by molar-refractivity contribution is 5.85. The van der Waals surface area contributed by atoms with Gasteiger partial charge in [-0.05, 0) is 30.3 Å². The molecule has 0 radical (unpaired) electrons. The molecule has 3 aromatic rings. The van der Waals surface area contributed by atoms with E-state index in [0.29, 0.717) is 5.69 Å².